The van der Waals surface area contributed by atoms with Gasteiger partial charge in [-0.1, -0.05) is 36.2 Å². The summed E-state index contributed by atoms with van der Waals surface area (Å²) < 4.78 is 6.03. The van der Waals surface area contributed by atoms with Crippen LogP contribution in [0.2, 0.25) is 10.0 Å². The maximum Gasteiger partial charge on any atom is 0.303 e. The first-order valence-corrected chi connectivity index (χ1v) is 13.0. The number of aromatic nitrogens is 1. The lowest BCUT2D eigenvalue weighted by atomic mass is 9.99. The molecule has 1 unspecified atom stereocenters. The average molecular weight is 524 g/mol. The Hall–Kier alpha value is -1.74. The van der Waals surface area contributed by atoms with Gasteiger partial charge in [0.15, 0.2) is 0 Å². The van der Waals surface area contributed by atoms with Crippen LogP contribution in [-0.4, -0.2) is 64.6 Å². The highest BCUT2D eigenvalue weighted by molar-refractivity contribution is 6.42. The molecule has 1 aromatic heterocycles. The summed E-state index contributed by atoms with van der Waals surface area (Å²) in [5.41, 5.74) is 2.98. The fourth-order valence-corrected chi connectivity index (χ4v) is 4.88. The van der Waals surface area contributed by atoms with Gasteiger partial charge < -0.3 is 20.3 Å². The van der Waals surface area contributed by atoms with Crippen molar-refractivity contribution in [3.63, 3.8) is 0 Å². The first kappa shape index (κ1) is 27.8. The van der Waals surface area contributed by atoms with Crippen LogP contribution in [0.15, 0.2) is 36.7 Å². The normalized spacial score (nSPS) is 18.0. The van der Waals surface area contributed by atoms with Crippen molar-refractivity contribution < 1.29 is 19.7 Å². The van der Waals surface area contributed by atoms with Gasteiger partial charge in [-0.2, -0.15) is 0 Å². The summed E-state index contributed by atoms with van der Waals surface area (Å²) in [5.74, 6) is -0.840. The Balaban J connectivity index is 1.44. The molecule has 3 N–H and O–H groups in total. The molecule has 7 nitrogen and oxygen atoms in total. The van der Waals surface area contributed by atoms with E-state index in [0.29, 0.717) is 42.1 Å². The second-order valence-electron chi connectivity index (χ2n) is 9.03. The SMILES string of the molecule is CCC(OC[C@H](O)CNCN1CCC[C@H]1Cc1ccc(Cl)c(Cl)c1)c1ccncc1CCC(=O)O. The number of ether oxygens (including phenoxy) is 1. The van der Waals surface area contributed by atoms with Gasteiger partial charge in [-0.25, -0.2) is 0 Å². The fourth-order valence-electron chi connectivity index (χ4n) is 4.56. The molecule has 1 fully saturated rings. The zero-order valence-electron chi connectivity index (χ0n) is 20.1. The van der Waals surface area contributed by atoms with Crippen LogP contribution in [0.3, 0.4) is 0 Å². The molecular formula is C26H35Cl2N3O4. The Bertz CT molecular complexity index is 962. The van der Waals surface area contributed by atoms with E-state index >= 15 is 0 Å². The summed E-state index contributed by atoms with van der Waals surface area (Å²) in [5, 5.41) is 24.0. The van der Waals surface area contributed by atoms with Gasteiger partial charge in [-0.15, -0.1) is 0 Å². The van der Waals surface area contributed by atoms with Crippen LogP contribution in [-0.2, 0) is 22.4 Å². The van der Waals surface area contributed by atoms with Gasteiger partial charge in [0.2, 0.25) is 0 Å². The number of aryl methyl sites for hydroxylation is 1. The fraction of sp³-hybridized carbons (Fsp3) is 0.538. The molecule has 9 heteroatoms. The van der Waals surface area contributed by atoms with E-state index in [-0.39, 0.29) is 19.1 Å². The molecule has 0 saturated carbocycles. The van der Waals surface area contributed by atoms with E-state index in [4.69, 9.17) is 33.0 Å². The third-order valence-corrected chi connectivity index (χ3v) is 7.15. The highest BCUT2D eigenvalue weighted by Crippen LogP contribution is 2.27. The van der Waals surface area contributed by atoms with Crippen molar-refractivity contribution in [3.05, 3.63) is 63.4 Å². The molecule has 0 aliphatic carbocycles. The van der Waals surface area contributed by atoms with Crippen LogP contribution < -0.4 is 5.32 Å². The van der Waals surface area contributed by atoms with Crippen molar-refractivity contribution in [1.82, 2.24) is 15.2 Å². The Morgan fingerprint density at radius 2 is 2.14 bits per heavy atom. The molecule has 35 heavy (non-hydrogen) atoms. The maximum absolute atomic E-state index is 11.0. The highest BCUT2D eigenvalue weighted by atomic mass is 35.5. The van der Waals surface area contributed by atoms with Crippen molar-refractivity contribution in [2.45, 2.75) is 63.7 Å². The third kappa shape index (κ3) is 8.70. The first-order chi connectivity index (χ1) is 16.9. The average Bonchev–Trinajstić information content (AvgIpc) is 3.27. The molecule has 3 rings (SSSR count). The summed E-state index contributed by atoms with van der Waals surface area (Å²) in [4.78, 5) is 17.5. The van der Waals surface area contributed by atoms with Crippen LogP contribution in [0.4, 0.5) is 0 Å². The molecule has 2 aromatic rings. The quantitative estimate of drug-likeness (QED) is 0.335. The van der Waals surface area contributed by atoms with E-state index in [1.165, 1.54) is 5.56 Å². The number of aliphatic hydroxyl groups is 1. The van der Waals surface area contributed by atoms with E-state index in [2.05, 4.69) is 15.2 Å². The van der Waals surface area contributed by atoms with Gasteiger partial charge in [0.1, 0.15) is 0 Å². The number of hydrogen-bond acceptors (Lipinski definition) is 6. The molecule has 1 aromatic carbocycles. The molecule has 1 aliphatic heterocycles. The molecule has 0 amide bonds. The van der Waals surface area contributed by atoms with E-state index in [9.17, 15) is 9.90 Å². The van der Waals surface area contributed by atoms with Crippen molar-refractivity contribution in [2.75, 3.05) is 26.4 Å². The molecule has 3 atom stereocenters. The van der Waals surface area contributed by atoms with Gasteiger partial charge in [0, 0.05) is 38.1 Å². The van der Waals surface area contributed by atoms with Gasteiger partial charge in [0.25, 0.3) is 0 Å². The maximum atomic E-state index is 11.0. The largest absolute Gasteiger partial charge is 0.481 e. The summed E-state index contributed by atoms with van der Waals surface area (Å²) in [6.45, 7) is 4.35. The second kappa shape index (κ2) is 14.1. The highest BCUT2D eigenvalue weighted by Gasteiger charge is 2.25. The Morgan fingerprint density at radius 1 is 1.31 bits per heavy atom. The van der Waals surface area contributed by atoms with Crippen molar-refractivity contribution >= 4 is 29.2 Å². The predicted molar refractivity (Wildman–Crippen MR) is 138 cm³/mol. The molecule has 2 heterocycles. The summed E-state index contributed by atoms with van der Waals surface area (Å²) in [6, 6.07) is 8.11. The van der Waals surface area contributed by atoms with Crippen LogP contribution >= 0.6 is 23.2 Å². The van der Waals surface area contributed by atoms with Gasteiger partial charge in [-0.3, -0.25) is 14.7 Å². The number of pyridine rings is 1. The van der Waals surface area contributed by atoms with Crippen molar-refractivity contribution in [2.24, 2.45) is 0 Å². The van der Waals surface area contributed by atoms with Crippen LogP contribution in [0.5, 0.6) is 0 Å². The second-order valence-corrected chi connectivity index (χ2v) is 9.84. The minimum Gasteiger partial charge on any atom is -0.481 e. The van der Waals surface area contributed by atoms with Gasteiger partial charge in [0.05, 0.1) is 28.9 Å². The monoisotopic (exact) mass is 523 g/mol. The third-order valence-electron chi connectivity index (χ3n) is 6.41. The lowest BCUT2D eigenvalue weighted by Gasteiger charge is -2.26. The Labute approximate surface area is 217 Å². The number of hydrogen-bond donors (Lipinski definition) is 3. The number of aliphatic hydroxyl groups excluding tert-OH is 1. The lowest BCUT2D eigenvalue weighted by Crippen LogP contribution is -2.42. The number of carboxylic acid groups (broad SMARTS) is 1. The first-order valence-electron chi connectivity index (χ1n) is 12.2. The summed E-state index contributed by atoms with van der Waals surface area (Å²) in [6.07, 6.45) is 6.88. The van der Waals surface area contributed by atoms with Crippen molar-refractivity contribution in [3.8, 4) is 0 Å². The number of nitrogens with zero attached hydrogens (tertiary/aromatic N) is 2. The predicted octanol–water partition coefficient (Wildman–Crippen LogP) is 4.49. The molecule has 0 radical (unpaired) electrons. The van der Waals surface area contributed by atoms with Crippen LogP contribution in [0.25, 0.3) is 0 Å². The lowest BCUT2D eigenvalue weighted by molar-refractivity contribution is -0.136. The van der Waals surface area contributed by atoms with Crippen LogP contribution in [0.1, 0.15) is 55.4 Å². The number of carbonyl (C=O) groups is 1. The van der Waals surface area contributed by atoms with Crippen LogP contribution in [0, 0.1) is 0 Å². The molecule has 1 aliphatic rings. The molecule has 0 bridgehead atoms. The van der Waals surface area contributed by atoms with Gasteiger partial charge >= 0.3 is 5.97 Å². The smallest absolute Gasteiger partial charge is 0.303 e. The topological polar surface area (TPSA) is 94.9 Å². The molecule has 1 saturated heterocycles. The molecule has 0 spiro atoms. The van der Waals surface area contributed by atoms with E-state index < -0.39 is 12.1 Å². The number of aliphatic carboxylic acids is 1. The minimum atomic E-state index is -0.840. The number of likely N-dealkylation sites (tertiary alicyclic amines) is 1. The molecule has 192 valence electrons. The number of halogens is 2. The summed E-state index contributed by atoms with van der Waals surface area (Å²) in [7, 11) is 0. The zero-order valence-corrected chi connectivity index (χ0v) is 21.6. The van der Waals surface area contributed by atoms with E-state index in [1.54, 1.807) is 12.4 Å². The number of carboxylic acids is 1. The van der Waals surface area contributed by atoms with Gasteiger partial charge in [-0.05, 0) is 73.5 Å². The number of rotatable bonds is 14. The van der Waals surface area contributed by atoms with Crippen molar-refractivity contribution in [1.29, 1.82) is 0 Å². The standard InChI is InChI=1S/C26H35Cl2N3O4/c1-2-25(22-9-10-29-14-19(22)6-8-26(33)34)35-16-21(32)15-30-17-31-11-3-4-20(31)12-18-5-7-23(27)24(28)13-18/h5,7,9-10,13-14,20-21,25,30,32H,2-4,6,8,11-12,15-17H2,1H3,(H,33,34)/t20-,21+,25?/m0/s1. The summed E-state index contributed by atoms with van der Waals surface area (Å²) >= 11 is 12.2. The minimum absolute atomic E-state index is 0.0459. The Kier molecular flexibility index (Phi) is 11.2. The Morgan fingerprint density at radius 3 is 2.89 bits per heavy atom. The van der Waals surface area contributed by atoms with E-state index in [0.717, 1.165) is 36.9 Å². The number of benzene rings is 1. The zero-order chi connectivity index (χ0) is 25.2. The molecular weight excluding hydrogens is 489 g/mol. The van der Waals surface area contributed by atoms with E-state index in [1.807, 2.05) is 31.2 Å². The number of nitrogens with one attached hydrogen (secondary N) is 1.